The Morgan fingerprint density at radius 1 is 0.348 bits per heavy atom. The molecule has 1 heteroatoms. The average Bonchev–Trinajstić information content (AvgIpc) is 3.57. The topological polar surface area (TPSA) is 9.23 Å². The van der Waals surface area contributed by atoms with Crippen LogP contribution in [0.25, 0.3) is 66.1 Å². The number of fused-ring (bicyclic) bond motifs is 13. The molecule has 1 unspecified atom stereocenters. The van der Waals surface area contributed by atoms with E-state index in [1.54, 1.807) is 0 Å². The van der Waals surface area contributed by atoms with Gasteiger partial charge in [-0.25, -0.2) is 0 Å². The quantitative estimate of drug-likeness (QED) is 0.187. The first-order chi connectivity index (χ1) is 22.8. The molecular formula is C45H26O. The second-order valence-electron chi connectivity index (χ2n) is 12.8. The van der Waals surface area contributed by atoms with Gasteiger partial charge >= 0.3 is 0 Å². The fraction of sp³-hybridized carbons (Fsp3) is 0.0222. The normalized spacial score (nSPS) is 16.1. The van der Waals surface area contributed by atoms with Crippen LogP contribution >= 0.6 is 0 Å². The molecule has 0 N–H and O–H groups in total. The molecule has 1 spiro atoms. The lowest BCUT2D eigenvalue weighted by atomic mass is 9.70. The summed E-state index contributed by atoms with van der Waals surface area (Å²) in [4.78, 5) is 0. The summed E-state index contributed by atoms with van der Waals surface area (Å²) in [5.74, 6) is 1.85. The monoisotopic (exact) mass is 582 g/mol. The van der Waals surface area contributed by atoms with E-state index in [2.05, 4.69) is 158 Å². The third-order valence-corrected chi connectivity index (χ3v) is 10.7. The van der Waals surface area contributed by atoms with Crippen LogP contribution in [0.5, 0.6) is 11.5 Å². The van der Waals surface area contributed by atoms with Gasteiger partial charge in [0.15, 0.2) is 0 Å². The fourth-order valence-electron chi connectivity index (χ4n) is 8.78. The van der Waals surface area contributed by atoms with Crippen molar-refractivity contribution in [2.24, 2.45) is 0 Å². The Labute approximate surface area is 267 Å². The van der Waals surface area contributed by atoms with E-state index in [0.717, 1.165) is 22.6 Å². The van der Waals surface area contributed by atoms with Crippen LogP contribution in [-0.4, -0.2) is 0 Å². The first-order valence-electron chi connectivity index (χ1n) is 16.0. The molecule has 212 valence electrons. The SMILES string of the molecule is c1ccc2c(c1)Oc1c(-c3ccc4c(c3)C3(c5ccccc5-4)c4ccccc4-c4cc5ccccc5cc43)ccc3cccc-2c13. The standard InChI is InChI=1S/C45H26O/c1-2-11-29-25-41-37(24-28(29)10-1)33-14-4-7-18-39(33)45(41)38-17-6-3-13-32(38)34-23-21-30(26-40(34)45)31-22-20-27-12-9-16-36-35-15-5-8-19-42(35)46-44(31)43(27)36/h1-26H. The molecule has 3 aliphatic rings. The fourth-order valence-corrected chi connectivity index (χ4v) is 8.78. The summed E-state index contributed by atoms with van der Waals surface area (Å²) in [5.41, 5.74) is 14.9. The minimum atomic E-state index is -0.412. The molecule has 1 aliphatic heterocycles. The van der Waals surface area contributed by atoms with Crippen molar-refractivity contribution < 1.29 is 4.74 Å². The van der Waals surface area contributed by atoms with Crippen LogP contribution < -0.4 is 4.74 Å². The lowest BCUT2D eigenvalue weighted by Gasteiger charge is -2.31. The van der Waals surface area contributed by atoms with Crippen LogP contribution in [0.3, 0.4) is 0 Å². The molecule has 8 aromatic rings. The number of para-hydroxylation sites is 1. The van der Waals surface area contributed by atoms with Gasteiger partial charge in [0.1, 0.15) is 11.5 Å². The van der Waals surface area contributed by atoms with E-state index < -0.39 is 5.41 Å². The molecule has 1 heterocycles. The number of hydrogen-bond donors (Lipinski definition) is 0. The zero-order valence-corrected chi connectivity index (χ0v) is 24.9. The van der Waals surface area contributed by atoms with Crippen molar-refractivity contribution in [2.75, 3.05) is 0 Å². The van der Waals surface area contributed by atoms with E-state index in [0.29, 0.717) is 0 Å². The van der Waals surface area contributed by atoms with Gasteiger partial charge < -0.3 is 4.74 Å². The van der Waals surface area contributed by atoms with Gasteiger partial charge in [-0.15, -0.1) is 0 Å². The van der Waals surface area contributed by atoms with Gasteiger partial charge in [0.25, 0.3) is 0 Å². The smallest absolute Gasteiger partial charge is 0.143 e. The van der Waals surface area contributed by atoms with E-state index >= 15 is 0 Å². The molecule has 0 radical (unpaired) electrons. The molecular weight excluding hydrogens is 556 g/mol. The highest BCUT2D eigenvalue weighted by molar-refractivity contribution is 6.08. The van der Waals surface area contributed by atoms with Crippen LogP contribution in [0.15, 0.2) is 158 Å². The molecule has 46 heavy (non-hydrogen) atoms. The molecule has 2 aliphatic carbocycles. The number of benzene rings is 8. The van der Waals surface area contributed by atoms with Gasteiger partial charge in [0.05, 0.1) is 5.41 Å². The Balaban J connectivity index is 1.23. The maximum absolute atomic E-state index is 6.79. The predicted octanol–water partition coefficient (Wildman–Crippen LogP) is 11.8. The molecule has 0 bridgehead atoms. The van der Waals surface area contributed by atoms with Crippen molar-refractivity contribution in [1.82, 2.24) is 0 Å². The molecule has 0 amide bonds. The Hall–Kier alpha value is -5.92. The molecule has 1 nitrogen and oxygen atoms in total. The van der Waals surface area contributed by atoms with Gasteiger partial charge in [-0.2, -0.15) is 0 Å². The lowest BCUT2D eigenvalue weighted by Crippen LogP contribution is -2.25. The van der Waals surface area contributed by atoms with Gasteiger partial charge in [-0.3, -0.25) is 0 Å². The number of ether oxygens (including phenoxy) is 1. The first-order valence-corrected chi connectivity index (χ1v) is 16.0. The van der Waals surface area contributed by atoms with Crippen molar-refractivity contribution in [3.8, 4) is 56.0 Å². The Morgan fingerprint density at radius 3 is 1.76 bits per heavy atom. The zero-order chi connectivity index (χ0) is 30.0. The van der Waals surface area contributed by atoms with E-state index in [1.807, 2.05) is 0 Å². The molecule has 11 rings (SSSR count). The summed E-state index contributed by atoms with van der Waals surface area (Å²) in [6.45, 7) is 0. The lowest BCUT2D eigenvalue weighted by molar-refractivity contribution is 0.489. The van der Waals surface area contributed by atoms with Gasteiger partial charge in [0.2, 0.25) is 0 Å². The molecule has 0 fully saturated rings. The van der Waals surface area contributed by atoms with Crippen LogP contribution in [0, 0.1) is 0 Å². The summed E-state index contributed by atoms with van der Waals surface area (Å²) in [6, 6.07) is 58.3. The van der Waals surface area contributed by atoms with Gasteiger partial charge in [0, 0.05) is 16.5 Å². The minimum Gasteiger partial charge on any atom is -0.455 e. The Bertz CT molecular complexity index is 2630. The van der Waals surface area contributed by atoms with E-state index in [9.17, 15) is 0 Å². The predicted molar refractivity (Wildman–Crippen MR) is 189 cm³/mol. The van der Waals surface area contributed by atoms with E-state index in [-0.39, 0.29) is 0 Å². The molecule has 0 saturated carbocycles. The molecule has 0 aromatic heterocycles. The Morgan fingerprint density at radius 2 is 0.935 bits per heavy atom. The highest BCUT2D eigenvalue weighted by Crippen LogP contribution is 2.64. The third-order valence-electron chi connectivity index (χ3n) is 10.7. The third kappa shape index (κ3) is 2.91. The number of hydrogen-bond acceptors (Lipinski definition) is 1. The largest absolute Gasteiger partial charge is 0.455 e. The molecule has 8 aromatic carbocycles. The van der Waals surface area contributed by atoms with Gasteiger partial charge in [-0.05, 0) is 102 Å². The maximum Gasteiger partial charge on any atom is 0.143 e. The van der Waals surface area contributed by atoms with Crippen molar-refractivity contribution >= 4 is 21.5 Å². The highest BCUT2D eigenvalue weighted by Gasteiger charge is 2.51. The van der Waals surface area contributed by atoms with Crippen LogP contribution in [0.1, 0.15) is 22.3 Å². The second kappa shape index (κ2) is 8.62. The van der Waals surface area contributed by atoms with E-state index in [4.69, 9.17) is 4.74 Å². The summed E-state index contributed by atoms with van der Waals surface area (Å²) in [6.07, 6.45) is 0. The number of rotatable bonds is 1. The van der Waals surface area contributed by atoms with Crippen molar-refractivity contribution in [1.29, 1.82) is 0 Å². The van der Waals surface area contributed by atoms with Crippen LogP contribution in [0.2, 0.25) is 0 Å². The summed E-state index contributed by atoms with van der Waals surface area (Å²) >= 11 is 0. The minimum absolute atomic E-state index is 0.412. The van der Waals surface area contributed by atoms with Crippen molar-refractivity contribution in [2.45, 2.75) is 5.41 Å². The van der Waals surface area contributed by atoms with Crippen molar-refractivity contribution in [3.63, 3.8) is 0 Å². The summed E-state index contributed by atoms with van der Waals surface area (Å²) in [5, 5.41) is 4.92. The maximum atomic E-state index is 6.79. The average molecular weight is 583 g/mol. The van der Waals surface area contributed by atoms with Crippen LogP contribution in [-0.2, 0) is 5.41 Å². The second-order valence-corrected chi connectivity index (χ2v) is 12.8. The van der Waals surface area contributed by atoms with Gasteiger partial charge in [-0.1, -0.05) is 127 Å². The van der Waals surface area contributed by atoms with E-state index in [1.165, 1.54) is 77.2 Å². The first kappa shape index (κ1) is 24.4. The molecule has 1 atom stereocenters. The summed E-state index contributed by atoms with van der Waals surface area (Å²) in [7, 11) is 0. The van der Waals surface area contributed by atoms with Crippen molar-refractivity contribution in [3.05, 3.63) is 180 Å². The van der Waals surface area contributed by atoms with Crippen LogP contribution in [0.4, 0.5) is 0 Å². The zero-order valence-electron chi connectivity index (χ0n) is 24.9. The Kier molecular flexibility index (Phi) is 4.57. The summed E-state index contributed by atoms with van der Waals surface area (Å²) < 4.78 is 6.79. The molecule has 0 saturated heterocycles. The highest BCUT2D eigenvalue weighted by atomic mass is 16.5.